The highest BCUT2D eigenvalue weighted by atomic mass is 19.4. The first kappa shape index (κ1) is 23.7. The van der Waals surface area contributed by atoms with Crippen LogP contribution in [0.1, 0.15) is 34.6 Å². The summed E-state index contributed by atoms with van der Waals surface area (Å²) in [7, 11) is 1.39. The average molecular weight is 438 g/mol. The van der Waals surface area contributed by atoms with Gasteiger partial charge in [-0.2, -0.15) is 13.2 Å². The van der Waals surface area contributed by atoms with Crippen LogP contribution in [0.2, 0.25) is 0 Å². The van der Waals surface area contributed by atoms with Gasteiger partial charge in [-0.25, -0.2) is 4.79 Å². The molecule has 0 aliphatic rings. The van der Waals surface area contributed by atoms with Crippen molar-refractivity contribution < 1.29 is 37.0 Å². The van der Waals surface area contributed by atoms with E-state index in [0.29, 0.717) is 5.75 Å². The second-order valence-corrected chi connectivity index (χ2v) is 6.41. The van der Waals surface area contributed by atoms with Gasteiger partial charge in [0.05, 0.1) is 13.7 Å². The zero-order chi connectivity index (χ0) is 23.2. The van der Waals surface area contributed by atoms with E-state index in [1.165, 1.54) is 69.5 Å². The molecule has 2 aromatic carbocycles. The molecule has 0 spiro atoms. The Hall–Kier alpha value is -3.56. The molecule has 2 aromatic rings. The predicted molar refractivity (Wildman–Crippen MR) is 106 cm³/mol. The maximum absolute atomic E-state index is 14.2. The van der Waals surface area contributed by atoms with Crippen LogP contribution >= 0.6 is 0 Å². The van der Waals surface area contributed by atoms with E-state index in [2.05, 4.69) is 4.74 Å². The number of hydrogen-bond donors (Lipinski definition) is 2. The van der Waals surface area contributed by atoms with E-state index in [9.17, 15) is 27.6 Å². The molecule has 0 saturated carbocycles. The van der Waals surface area contributed by atoms with Crippen LogP contribution in [0.5, 0.6) is 5.75 Å². The third kappa shape index (κ3) is 5.33. The Labute approximate surface area is 176 Å². The van der Waals surface area contributed by atoms with E-state index >= 15 is 0 Å². The summed E-state index contributed by atoms with van der Waals surface area (Å²) in [5.74, 6) is -2.79. The van der Waals surface area contributed by atoms with Crippen LogP contribution < -0.4 is 15.4 Å². The van der Waals surface area contributed by atoms with Gasteiger partial charge in [-0.1, -0.05) is 0 Å². The van der Waals surface area contributed by atoms with Crippen LogP contribution in [0.15, 0.2) is 48.5 Å². The molecular weight excluding hydrogens is 417 g/mol. The minimum Gasteiger partial charge on any atom is -0.497 e. The molecule has 1 atom stereocenters. The fourth-order valence-electron chi connectivity index (χ4n) is 2.62. The molecule has 0 saturated heterocycles. The monoisotopic (exact) mass is 438 g/mol. The second-order valence-electron chi connectivity index (χ2n) is 6.41. The van der Waals surface area contributed by atoms with Gasteiger partial charge in [-0.15, -0.1) is 0 Å². The number of esters is 1. The molecule has 0 fully saturated rings. The van der Waals surface area contributed by atoms with Crippen LogP contribution in [0.3, 0.4) is 0 Å². The summed E-state index contributed by atoms with van der Waals surface area (Å²) in [5, 5.41) is 3.78. The van der Waals surface area contributed by atoms with Gasteiger partial charge in [0.25, 0.3) is 5.91 Å². The van der Waals surface area contributed by atoms with E-state index in [-0.39, 0.29) is 29.2 Å². The van der Waals surface area contributed by atoms with E-state index in [0.717, 1.165) is 0 Å². The molecule has 0 bridgehead atoms. The summed E-state index contributed by atoms with van der Waals surface area (Å²) in [4.78, 5) is 36.5. The van der Waals surface area contributed by atoms with Crippen molar-refractivity contribution in [3.05, 3.63) is 59.7 Å². The fourth-order valence-corrected chi connectivity index (χ4v) is 2.62. The minimum absolute atomic E-state index is 0.132. The first-order chi connectivity index (χ1) is 14.5. The molecule has 10 heteroatoms. The lowest BCUT2D eigenvalue weighted by Crippen LogP contribution is -2.69. The quantitative estimate of drug-likeness (QED) is 0.372. The topological polar surface area (TPSA) is 93.7 Å². The molecule has 1 amide bonds. The van der Waals surface area contributed by atoms with E-state index < -0.39 is 23.7 Å². The van der Waals surface area contributed by atoms with Gasteiger partial charge in [0.1, 0.15) is 5.75 Å². The Bertz CT molecular complexity index is 943. The number of carbonyl (C=O) groups is 3. The van der Waals surface area contributed by atoms with Crippen molar-refractivity contribution in [1.82, 2.24) is 5.32 Å². The smallest absolute Gasteiger partial charge is 0.441 e. The van der Waals surface area contributed by atoms with E-state index in [1.807, 2.05) is 5.32 Å². The Morgan fingerprint density at radius 1 is 0.935 bits per heavy atom. The van der Waals surface area contributed by atoms with Gasteiger partial charge in [0.2, 0.25) is 0 Å². The third-order valence-electron chi connectivity index (χ3n) is 4.28. The highest BCUT2D eigenvalue weighted by molar-refractivity contribution is 5.99. The lowest BCUT2D eigenvalue weighted by atomic mass is 10.1. The summed E-state index contributed by atoms with van der Waals surface area (Å²) < 4.78 is 52.1. The molecule has 2 N–H and O–H groups in total. The number of methoxy groups -OCH3 is 1. The first-order valence-corrected chi connectivity index (χ1v) is 9.13. The zero-order valence-corrected chi connectivity index (χ0v) is 17.0. The Morgan fingerprint density at radius 3 is 1.94 bits per heavy atom. The van der Waals surface area contributed by atoms with Gasteiger partial charge in [-0.05, 0) is 62.4 Å². The number of alkyl halides is 3. The number of Topliss-reactive ketones (excluding diaryl/α,β-unsaturated/α-hetero) is 1. The number of amides is 1. The van der Waals surface area contributed by atoms with Crippen molar-refractivity contribution in [3.8, 4) is 5.75 Å². The maximum atomic E-state index is 14.2. The Morgan fingerprint density at radius 2 is 1.48 bits per heavy atom. The highest BCUT2D eigenvalue weighted by Gasteiger charge is 2.63. The molecule has 166 valence electrons. The van der Waals surface area contributed by atoms with Crippen LogP contribution in [-0.2, 0) is 9.53 Å². The highest BCUT2D eigenvalue weighted by Crippen LogP contribution is 2.33. The average Bonchev–Trinajstić information content (AvgIpc) is 2.72. The van der Waals surface area contributed by atoms with Gasteiger partial charge in [0, 0.05) is 16.8 Å². The molecule has 0 aliphatic heterocycles. The van der Waals surface area contributed by atoms with Gasteiger partial charge < -0.3 is 20.1 Å². The van der Waals surface area contributed by atoms with Crippen molar-refractivity contribution in [2.45, 2.75) is 25.7 Å². The Balaban J connectivity index is 2.47. The lowest BCUT2D eigenvalue weighted by Gasteiger charge is -2.35. The van der Waals surface area contributed by atoms with Crippen LogP contribution in [0, 0.1) is 0 Å². The number of carbonyl (C=O) groups excluding carboxylic acids is 3. The summed E-state index contributed by atoms with van der Waals surface area (Å²) in [5.41, 5.74) is -3.60. The van der Waals surface area contributed by atoms with Crippen LogP contribution in [0.25, 0.3) is 0 Å². The molecule has 0 unspecified atom stereocenters. The predicted octanol–water partition coefficient (Wildman–Crippen LogP) is 3.56. The van der Waals surface area contributed by atoms with Crippen molar-refractivity contribution in [1.29, 1.82) is 0 Å². The number of halogens is 3. The molecule has 0 aromatic heterocycles. The van der Waals surface area contributed by atoms with Crippen LogP contribution in [0.4, 0.5) is 18.9 Å². The number of rotatable bonds is 8. The largest absolute Gasteiger partial charge is 0.497 e. The third-order valence-corrected chi connectivity index (χ3v) is 4.28. The van der Waals surface area contributed by atoms with Gasteiger partial charge >= 0.3 is 17.8 Å². The van der Waals surface area contributed by atoms with Crippen molar-refractivity contribution in [2.24, 2.45) is 0 Å². The normalized spacial score (nSPS) is 13.0. The summed E-state index contributed by atoms with van der Waals surface area (Å²) in [6, 6.07) is 10.3. The van der Waals surface area contributed by atoms with Crippen molar-refractivity contribution in [3.63, 3.8) is 0 Å². The van der Waals surface area contributed by atoms with Gasteiger partial charge in [-0.3, -0.25) is 9.59 Å². The van der Waals surface area contributed by atoms with Gasteiger partial charge in [0.15, 0.2) is 5.78 Å². The molecular formula is C21H21F3N2O5. The molecule has 7 nitrogen and oxygen atoms in total. The number of nitrogens with one attached hydrogen (secondary N) is 2. The summed E-state index contributed by atoms with van der Waals surface area (Å²) in [6.07, 6.45) is -5.28. The fraction of sp³-hybridized carbons (Fsp3) is 0.286. The minimum atomic E-state index is -5.28. The number of anilines is 1. The standard InChI is InChI=1S/C21H21F3N2O5/c1-4-31-19(29)20(21(22,23)24,25-16-9-5-14(6-10-16)13(2)27)26-18(28)15-7-11-17(30-3)12-8-15/h5-12,25H,4H2,1-3H3,(H,26,28)/t20-/m1/s1. The molecule has 0 aliphatic carbocycles. The Kier molecular flexibility index (Phi) is 7.27. The van der Waals surface area contributed by atoms with E-state index in [4.69, 9.17) is 4.74 Å². The first-order valence-electron chi connectivity index (χ1n) is 9.13. The molecule has 2 rings (SSSR count). The maximum Gasteiger partial charge on any atom is 0.441 e. The summed E-state index contributed by atoms with van der Waals surface area (Å²) in [6.45, 7) is 2.29. The zero-order valence-electron chi connectivity index (χ0n) is 17.0. The second kappa shape index (κ2) is 9.50. The SMILES string of the molecule is CCOC(=O)[C@](NC(=O)c1ccc(OC)cc1)(Nc1ccc(C(C)=O)cc1)C(F)(F)F. The van der Waals surface area contributed by atoms with Crippen LogP contribution in [-0.4, -0.2) is 43.2 Å². The summed E-state index contributed by atoms with van der Waals surface area (Å²) >= 11 is 0. The number of benzene rings is 2. The van der Waals surface area contributed by atoms with Crippen molar-refractivity contribution in [2.75, 3.05) is 19.0 Å². The molecule has 31 heavy (non-hydrogen) atoms. The lowest BCUT2D eigenvalue weighted by molar-refractivity contribution is -0.204. The number of hydrogen-bond acceptors (Lipinski definition) is 6. The van der Waals surface area contributed by atoms with Crippen molar-refractivity contribution >= 4 is 23.3 Å². The number of ketones is 1. The number of ether oxygens (including phenoxy) is 2. The molecule has 0 radical (unpaired) electrons. The van der Waals surface area contributed by atoms with E-state index in [1.54, 1.807) is 5.32 Å². The molecule has 0 heterocycles.